The summed E-state index contributed by atoms with van der Waals surface area (Å²) < 4.78 is 6.40. The SMILES string of the molecule is COC(=O)CC(C)NC(=O)c1cn(Cc2ccccc2)nc1-c1ccc(Cl)cc1. The van der Waals surface area contributed by atoms with E-state index in [1.165, 1.54) is 7.11 Å². The molecule has 1 amide bonds. The van der Waals surface area contributed by atoms with Gasteiger partial charge in [0.1, 0.15) is 5.69 Å². The van der Waals surface area contributed by atoms with Gasteiger partial charge in [-0.1, -0.05) is 54.1 Å². The lowest BCUT2D eigenvalue weighted by molar-refractivity contribution is -0.141. The summed E-state index contributed by atoms with van der Waals surface area (Å²) in [5.41, 5.74) is 2.84. The molecule has 1 atom stereocenters. The monoisotopic (exact) mass is 411 g/mol. The molecule has 0 aliphatic rings. The molecule has 6 nitrogen and oxygen atoms in total. The first-order valence-electron chi connectivity index (χ1n) is 9.21. The minimum Gasteiger partial charge on any atom is -0.469 e. The fraction of sp³-hybridized carbons (Fsp3) is 0.227. The van der Waals surface area contributed by atoms with Crippen LogP contribution in [0.25, 0.3) is 11.3 Å². The van der Waals surface area contributed by atoms with Crippen molar-refractivity contribution in [1.82, 2.24) is 15.1 Å². The van der Waals surface area contributed by atoms with Gasteiger partial charge in [0.15, 0.2) is 0 Å². The lowest BCUT2D eigenvalue weighted by Crippen LogP contribution is -2.34. The normalized spacial score (nSPS) is 11.7. The average Bonchev–Trinajstić information content (AvgIpc) is 3.13. The first kappa shape index (κ1) is 20.6. The minimum absolute atomic E-state index is 0.0939. The molecule has 0 aliphatic carbocycles. The molecule has 3 rings (SSSR count). The summed E-state index contributed by atoms with van der Waals surface area (Å²) in [6.45, 7) is 2.29. The van der Waals surface area contributed by atoms with Crippen LogP contribution in [-0.2, 0) is 16.1 Å². The second kappa shape index (κ2) is 9.39. The molecule has 0 bridgehead atoms. The Kier molecular flexibility index (Phi) is 6.67. The lowest BCUT2D eigenvalue weighted by Gasteiger charge is -2.12. The van der Waals surface area contributed by atoms with Gasteiger partial charge in [-0.3, -0.25) is 14.3 Å². The third-order valence-electron chi connectivity index (χ3n) is 4.39. The van der Waals surface area contributed by atoms with E-state index < -0.39 is 0 Å². The zero-order chi connectivity index (χ0) is 20.8. The summed E-state index contributed by atoms with van der Waals surface area (Å²) in [6.07, 6.45) is 1.81. The molecular weight excluding hydrogens is 390 g/mol. The number of nitrogens with one attached hydrogen (secondary N) is 1. The molecule has 150 valence electrons. The molecule has 1 N–H and O–H groups in total. The number of amides is 1. The van der Waals surface area contributed by atoms with Gasteiger partial charge in [-0.15, -0.1) is 0 Å². The molecule has 0 saturated carbocycles. The highest BCUT2D eigenvalue weighted by atomic mass is 35.5. The topological polar surface area (TPSA) is 73.2 Å². The Morgan fingerprint density at radius 2 is 1.83 bits per heavy atom. The van der Waals surface area contributed by atoms with Crippen LogP contribution in [0.2, 0.25) is 5.02 Å². The number of halogens is 1. The minimum atomic E-state index is -0.379. The second-order valence-electron chi connectivity index (χ2n) is 6.74. The molecule has 1 heterocycles. The van der Waals surface area contributed by atoms with E-state index in [-0.39, 0.29) is 24.3 Å². The van der Waals surface area contributed by atoms with E-state index >= 15 is 0 Å². The Balaban J connectivity index is 1.89. The van der Waals surface area contributed by atoms with Crippen LogP contribution >= 0.6 is 11.6 Å². The smallest absolute Gasteiger partial charge is 0.307 e. The Bertz CT molecular complexity index is 984. The van der Waals surface area contributed by atoms with E-state index in [0.717, 1.165) is 11.1 Å². The highest BCUT2D eigenvalue weighted by Crippen LogP contribution is 2.24. The van der Waals surface area contributed by atoms with E-state index in [9.17, 15) is 9.59 Å². The molecule has 0 fully saturated rings. The van der Waals surface area contributed by atoms with Gasteiger partial charge in [-0.25, -0.2) is 0 Å². The van der Waals surface area contributed by atoms with Crippen molar-refractivity contribution in [1.29, 1.82) is 0 Å². The number of rotatable bonds is 7. The fourth-order valence-corrected chi connectivity index (χ4v) is 3.07. The number of hydrogen-bond acceptors (Lipinski definition) is 4. The summed E-state index contributed by atoms with van der Waals surface area (Å²) in [7, 11) is 1.32. The molecule has 1 unspecified atom stereocenters. The third kappa shape index (κ3) is 5.45. The van der Waals surface area contributed by atoms with Crippen LogP contribution in [0.5, 0.6) is 0 Å². The van der Waals surface area contributed by atoms with E-state index in [2.05, 4.69) is 15.2 Å². The van der Waals surface area contributed by atoms with Gasteiger partial charge >= 0.3 is 5.97 Å². The number of methoxy groups -OCH3 is 1. The molecule has 7 heteroatoms. The maximum absolute atomic E-state index is 12.9. The van der Waals surface area contributed by atoms with Gasteiger partial charge in [-0.05, 0) is 24.6 Å². The van der Waals surface area contributed by atoms with E-state index in [1.807, 2.05) is 42.5 Å². The van der Waals surface area contributed by atoms with Crippen LogP contribution < -0.4 is 5.32 Å². The first-order chi connectivity index (χ1) is 14.0. The molecule has 0 saturated heterocycles. The lowest BCUT2D eigenvalue weighted by atomic mass is 10.1. The van der Waals surface area contributed by atoms with E-state index in [4.69, 9.17) is 11.6 Å². The average molecular weight is 412 g/mol. The van der Waals surface area contributed by atoms with Crippen molar-refractivity contribution in [2.24, 2.45) is 0 Å². The molecule has 29 heavy (non-hydrogen) atoms. The van der Waals surface area contributed by atoms with Gasteiger partial charge in [-0.2, -0.15) is 5.10 Å². The number of aromatic nitrogens is 2. The highest BCUT2D eigenvalue weighted by molar-refractivity contribution is 6.30. The highest BCUT2D eigenvalue weighted by Gasteiger charge is 2.20. The zero-order valence-corrected chi connectivity index (χ0v) is 17.0. The Labute approximate surface area is 174 Å². The summed E-state index contributed by atoms with van der Waals surface area (Å²) in [5.74, 6) is -0.679. The number of ether oxygens (including phenoxy) is 1. The number of carbonyl (C=O) groups is 2. The van der Waals surface area contributed by atoms with Crippen molar-refractivity contribution in [3.05, 3.63) is 76.9 Å². The van der Waals surface area contributed by atoms with Crippen LogP contribution in [-0.4, -0.2) is 34.8 Å². The van der Waals surface area contributed by atoms with Crippen molar-refractivity contribution < 1.29 is 14.3 Å². The Morgan fingerprint density at radius 3 is 2.48 bits per heavy atom. The summed E-state index contributed by atoms with van der Waals surface area (Å²) >= 11 is 6.00. The summed E-state index contributed by atoms with van der Waals surface area (Å²) in [6, 6.07) is 16.7. The van der Waals surface area contributed by atoms with Crippen LogP contribution in [0.15, 0.2) is 60.8 Å². The maximum Gasteiger partial charge on any atom is 0.307 e. The molecule has 0 aliphatic heterocycles. The molecule has 1 aromatic heterocycles. The van der Waals surface area contributed by atoms with Crippen molar-refractivity contribution in [2.75, 3.05) is 7.11 Å². The molecular formula is C22H22ClN3O3. The van der Waals surface area contributed by atoms with Gasteiger partial charge in [0.2, 0.25) is 0 Å². The van der Waals surface area contributed by atoms with Gasteiger partial charge < -0.3 is 10.1 Å². The largest absolute Gasteiger partial charge is 0.469 e. The van der Waals surface area contributed by atoms with Crippen LogP contribution in [0.4, 0.5) is 0 Å². The maximum atomic E-state index is 12.9. The number of carbonyl (C=O) groups excluding carboxylic acids is 2. The molecule has 2 aromatic carbocycles. The van der Waals surface area contributed by atoms with Crippen LogP contribution in [0.1, 0.15) is 29.3 Å². The number of hydrogen-bond donors (Lipinski definition) is 1. The zero-order valence-electron chi connectivity index (χ0n) is 16.3. The van der Waals surface area contributed by atoms with E-state index in [0.29, 0.717) is 22.8 Å². The number of benzene rings is 2. The first-order valence-corrected chi connectivity index (χ1v) is 9.59. The van der Waals surface area contributed by atoms with Gasteiger partial charge in [0, 0.05) is 22.8 Å². The Morgan fingerprint density at radius 1 is 1.14 bits per heavy atom. The quantitative estimate of drug-likeness (QED) is 0.598. The van der Waals surface area contributed by atoms with E-state index in [1.54, 1.807) is 29.9 Å². The van der Waals surface area contributed by atoms with Crippen molar-refractivity contribution in [3.63, 3.8) is 0 Å². The summed E-state index contributed by atoms with van der Waals surface area (Å²) in [4.78, 5) is 24.4. The van der Waals surface area contributed by atoms with Gasteiger partial charge in [0.05, 0.1) is 25.6 Å². The second-order valence-corrected chi connectivity index (χ2v) is 7.17. The molecule has 0 radical (unpaired) electrons. The summed E-state index contributed by atoms with van der Waals surface area (Å²) in [5, 5.41) is 8.08. The molecule has 0 spiro atoms. The molecule has 3 aromatic rings. The fourth-order valence-electron chi connectivity index (χ4n) is 2.95. The number of esters is 1. The van der Waals surface area contributed by atoms with Gasteiger partial charge in [0.25, 0.3) is 5.91 Å². The predicted molar refractivity (Wildman–Crippen MR) is 112 cm³/mol. The third-order valence-corrected chi connectivity index (χ3v) is 4.64. The standard InChI is InChI=1S/C22H22ClN3O3/c1-15(12-20(27)29-2)24-22(28)19-14-26(13-16-6-4-3-5-7-16)25-21(19)17-8-10-18(23)11-9-17/h3-11,14-15H,12-13H2,1-2H3,(H,24,28). The number of nitrogens with zero attached hydrogens (tertiary/aromatic N) is 2. The van der Waals surface area contributed by atoms with Crippen molar-refractivity contribution in [2.45, 2.75) is 25.9 Å². The van der Waals surface area contributed by atoms with Crippen molar-refractivity contribution in [3.8, 4) is 11.3 Å². The predicted octanol–water partition coefficient (Wildman–Crippen LogP) is 3.93. The Hall–Kier alpha value is -3.12. The van der Waals surface area contributed by atoms with Crippen LogP contribution in [0, 0.1) is 0 Å². The van der Waals surface area contributed by atoms with Crippen molar-refractivity contribution >= 4 is 23.5 Å². The van der Waals surface area contributed by atoms with Crippen LogP contribution in [0.3, 0.4) is 0 Å².